The van der Waals surface area contributed by atoms with Crippen molar-refractivity contribution in [2.24, 2.45) is 0 Å². The maximum absolute atomic E-state index is 12.8. The third-order valence-corrected chi connectivity index (χ3v) is 4.59. The molecule has 3 rings (SSSR count). The van der Waals surface area contributed by atoms with Crippen LogP contribution in [0.25, 0.3) is 10.9 Å². The van der Waals surface area contributed by atoms with Crippen LogP contribution in [0.15, 0.2) is 54.7 Å². The van der Waals surface area contributed by atoms with Crippen LogP contribution in [-0.2, 0) is 17.8 Å². The molecule has 1 amide bonds. The smallest absolute Gasteiger partial charge is 0.223 e. The number of nitriles is 1. The van der Waals surface area contributed by atoms with Crippen LogP contribution in [0.3, 0.4) is 0 Å². The molecule has 0 saturated heterocycles. The maximum atomic E-state index is 12.8. The fourth-order valence-electron chi connectivity index (χ4n) is 3.21. The first-order valence-corrected chi connectivity index (χ1v) is 9.03. The number of fused-ring (bicyclic) bond motifs is 1. The van der Waals surface area contributed by atoms with Gasteiger partial charge in [-0.25, -0.2) is 0 Å². The predicted molar refractivity (Wildman–Crippen MR) is 103 cm³/mol. The van der Waals surface area contributed by atoms with E-state index in [4.69, 9.17) is 5.26 Å². The van der Waals surface area contributed by atoms with Crippen molar-refractivity contribution in [2.75, 3.05) is 6.54 Å². The summed E-state index contributed by atoms with van der Waals surface area (Å²) in [6, 6.07) is 17.7. The Kier molecular flexibility index (Phi) is 5.70. The zero-order valence-electron chi connectivity index (χ0n) is 15.0. The number of carbonyl (C=O) groups is 1. The van der Waals surface area contributed by atoms with Gasteiger partial charge < -0.3 is 9.88 Å². The number of aromatic nitrogens is 1. The van der Waals surface area contributed by atoms with Crippen molar-refractivity contribution in [1.82, 2.24) is 9.88 Å². The van der Waals surface area contributed by atoms with Crippen LogP contribution in [0.2, 0.25) is 0 Å². The maximum Gasteiger partial charge on any atom is 0.223 e. The first kappa shape index (κ1) is 17.8. The molecular weight excluding hydrogens is 322 g/mol. The molecule has 1 heterocycles. The highest BCUT2D eigenvalue weighted by Gasteiger charge is 2.14. The molecule has 0 radical (unpaired) electrons. The zero-order chi connectivity index (χ0) is 18.4. The molecule has 0 bridgehead atoms. The van der Waals surface area contributed by atoms with E-state index in [9.17, 15) is 4.79 Å². The molecular formula is C22H23N3O. The van der Waals surface area contributed by atoms with Gasteiger partial charge in [0.05, 0.1) is 11.6 Å². The van der Waals surface area contributed by atoms with Gasteiger partial charge in [0.2, 0.25) is 5.91 Å². The number of hydrogen-bond acceptors (Lipinski definition) is 2. The minimum atomic E-state index is 0.168. The molecule has 0 saturated carbocycles. The highest BCUT2D eigenvalue weighted by molar-refractivity contribution is 5.84. The normalized spacial score (nSPS) is 10.6. The summed E-state index contributed by atoms with van der Waals surface area (Å²) < 4.78 is 0. The average Bonchev–Trinajstić information content (AvgIpc) is 3.09. The van der Waals surface area contributed by atoms with Crippen molar-refractivity contribution >= 4 is 16.8 Å². The summed E-state index contributed by atoms with van der Waals surface area (Å²) in [7, 11) is 0. The number of benzene rings is 2. The van der Waals surface area contributed by atoms with E-state index in [1.165, 1.54) is 10.9 Å². The van der Waals surface area contributed by atoms with Crippen LogP contribution in [0.4, 0.5) is 0 Å². The lowest BCUT2D eigenvalue weighted by atomic mass is 10.1. The Labute approximate surface area is 154 Å². The Morgan fingerprint density at radius 1 is 1.15 bits per heavy atom. The van der Waals surface area contributed by atoms with Crippen LogP contribution in [-0.4, -0.2) is 22.3 Å². The lowest BCUT2D eigenvalue weighted by Gasteiger charge is -2.22. The van der Waals surface area contributed by atoms with Gasteiger partial charge in [0.1, 0.15) is 0 Å². The lowest BCUT2D eigenvalue weighted by molar-refractivity contribution is -0.131. The van der Waals surface area contributed by atoms with Crippen molar-refractivity contribution in [2.45, 2.75) is 32.7 Å². The summed E-state index contributed by atoms with van der Waals surface area (Å²) in [5.41, 5.74) is 3.99. The first-order chi connectivity index (χ1) is 12.7. The molecule has 1 N–H and O–H groups in total. The van der Waals surface area contributed by atoms with Gasteiger partial charge in [0, 0.05) is 36.6 Å². The lowest BCUT2D eigenvalue weighted by Crippen LogP contribution is -2.31. The number of nitrogens with zero attached hydrogens (tertiary/aromatic N) is 2. The highest BCUT2D eigenvalue weighted by Crippen LogP contribution is 2.19. The first-order valence-electron chi connectivity index (χ1n) is 9.03. The topological polar surface area (TPSA) is 59.9 Å². The molecule has 4 nitrogen and oxygen atoms in total. The van der Waals surface area contributed by atoms with E-state index in [2.05, 4.69) is 30.1 Å². The minimum Gasteiger partial charge on any atom is -0.361 e. The van der Waals surface area contributed by atoms with Gasteiger partial charge >= 0.3 is 0 Å². The quantitative estimate of drug-likeness (QED) is 0.689. The van der Waals surface area contributed by atoms with Gasteiger partial charge in [-0.2, -0.15) is 5.26 Å². The van der Waals surface area contributed by atoms with Crippen molar-refractivity contribution in [3.05, 3.63) is 71.4 Å². The number of para-hydroxylation sites is 1. The largest absolute Gasteiger partial charge is 0.361 e. The number of hydrogen-bond donors (Lipinski definition) is 1. The second-order valence-corrected chi connectivity index (χ2v) is 6.48. The predicted octanol–water partition coefficient (Wildman–Crippen LogP) is 4.41. The molecule has 0 fully saturated rings. The third kappa shape index (κ3) is 4.12. The molecule has 4 heteroatoms. The number of carbonyl (C=O) groups excluding carboxylic acids is 1. The molecule has 0 aliphatic rings. The summed E-state index contributed by atoms with van der Waals surface area (Å²) in [4.78, 5) is 17.9. The molecule has 0 aliphatic heterocycles. The molecule has 0 unspecified atom stereocenters. The van der Waals surface area contributed by atoms with Crippen LogP contribution in [0.1, 0.15) is 36.5 Å². The second-order valence-electron chi connectivity index (χ2n) is 6.48. The molecule has 26 heavy (non-hydrogen) atoms. The number of amides is 1. The van der Waals surface area contributed by atoms with E-state index in [0.717, 1.165) is 30.5 Å². The summed E-state index contributed by atoms with van der Waals surface area (Å²) >= 11 is 0. The number of H-pyrrole nitrogens is 1. The van der Waals surface area contributed by atoms with Crippen molar-refractivity contribution in [3.63, 3.8) is 0 Å². The number of aryl methyl sites for hydroxylation is 1. The summed E-state index contributed by atoms with van der Waals surface area (Å²) in [6.07, 6.45) is 4.16. The van der Waals surface area contributed by atoms with Crippen LogP contribution in [0, 0.1) is 11.3 Å². The van der Waals surface area contributed by atoms with Gasteiger partial charge in [0.25, 0.3) is 0 Å². The number of nitrogens with one attached hydrogen (secondary N) is 1. The molecule has 1 aromatic heterocycles. The SMILES string of the molecule is CCCN(Cc1ccc(C#N)cc1)C(=O)CCc1c[nH]c2ccccc12. The fourth-order valence-corrected chi connectivity index (χ4v) is 3.21. The van der Waals surface area contributed by atoms with E-state index in [1.807, 2.05) is 35.4 Å². The highest BCUT2D eigenvalue weighted by atomic mass is 16.2. The Bertz CT molecular complexity index is 918. The van der Waals surface area contributed by atoms with E-state index < -0.39 is 0 Å². The third-order valence-electron chi connectivity index (χ3n) is 4.59. The van der Waals surface area contributed by atoms with E-state index >= 15 is 0 Å². The van der Waals surface area contributed by atoms with Gasteiger partial charge in [-0.05, 0) is 42.2 Å². The Morgan fingerprint density at radius 3 is 2.65 bits per heavy atom. The van der Waals surface area contributed by atoms with Crippen molar-refractivity contribution < 1.29 is 4.79 Å². The van der Waals surface area contributed by atoms with Crippen molar-refractivity contribution in [1.29, 1.82) is 5.26 Å². The molecule has 0 atom stereocenters. The fraction of sp³-hybridized carbons (Fsp3) is 0.273. The standard InChI is InChI=1S/C22H23N3O/c1-2-13-25(16-18-9-7-17(14-23)8-10-18)22(26)12-11-19-15-24-21-6-4-3-5-20(19)21/h3-10,15,24H,2,11-13,16H2,1H3. The zero-order valence-corrected chi connectivity index (χ0v) is 15.0. The van der Waals surface area contributed by atoms with Crippen LogP contribution < -0.4 is 0 Å². The number of rotatable bonds is 7. The van der Waals surface area contributed by atoms with Crippen LogP contribution in [0.5, 0.6) is 0 Å². The summed E-state index contributed by atoms with van der Waals surface area (Å²) in [6.45, 7) is 3.41. The monoisotopic (exact) mass is 345 g/mol. The summed E-state index contributed by atoms with van der Waals surface area (Å²) in [5.74, 6) is 0.168. The molecule has 2 aromatic carbocycles. The number of aromatic amines is 1. The average molecular weight is 345 g/mol. The Hall–Kier alpha value is -3.06. The van der Waals surface area contributed by atoms with Gasteiger partial charge in [-0.3, -0.25) is 4.79 Å². The molecule has 132 valence electrons. The molecule has 3 aromatic rings. The summed E-state index contributed by atoms with van der Waals surface area (Å²) in [5, 5.41) is 10.1. The van der Waals surface area contributed by atoms with E-state index in [-0.39, 0.29) is 5.91 Å². The minimum absolute atomic E-state index is 0.168. The van der Waals surface area contributed by atoms with Gasteiger partial charge in [-0.15, -0.1) is 0 Å². The molecule has 0 aliphatic carbocycles. The second kappa shape index (κ2) is 8.35. The van der Waals surface area contributed by atoms with E-state index in [0.29, 0.717) is 18.5 Å². The van der Waals surface area contributed by atoms with Gasteiger partial charge in [-0.1, -0.05) is 37.3 Å². The van der Waals surface area contributed by atoms with Crippen molar-refractivity contribution in [3.8, 4) is 6.07 Å². The van der Waals surface area contributed by atoms with E-state index in [1.54, 1.807) is 12.1 Å². The Morgan fingerprint density at radius 2 is 1.92 bits per heavy atom. The molecule has 0 spiro atoms. The van der Waals surface area contributed by atoms with Crippen LogP contribution >= 0.6 is 0 Å². The van der Waals surface area contributed by atoms with Gasteiger partial charge in [0.15, 0.2) is 0 Å². The Balaban J connectivity index is 1.65.